The second-order valence-corrected chi connectivity index (χ2v) is 7.33. The first-order valence-corrected chi connectivity index (χ1v) is 9.54. The molecule has 3 rings (SSSR count). The highest BCUT2D eigenvalue weighted by molar-refractivity contribution is 5.92. The van der Waals surface area contributed by atoms with Crippen LogP contribution in [0.3, 0.4) is 0 Å². The number of carbonyl (C=O) groups excluding carboxylic acids is 1. The van der Waals surface area contributed by atoms with E-state index >= 15 is 0 Å². The highest BCUT2D eigenvalue weighted by atomic mass is 16.6. The molecule has 8 nitrogen and oxygen atoms in total. The summed E-state index contributed by atoms with van der Waals surface area (Å²) in [5.41, 5.74) is 2.23. The van der Waals surface area contributed by atoms with Crippen LogP contribution in [0.2, 0.25) is 0 Å². The largest absolute Gasteiger partial charge is 0.465 e. The number of nitrogens with one attached hydrogen (secondary N) is 1. The van der Waals surface area contributed by atoms with Gasteiger partial charge in [0.25, 0.3) is 5.69 Å². The number of hydrogen-bond acceptors (Lipinski definition) is 7. The summed E-state index contributed by atoms with van der Waals surface area (Å²) in [5, 5.41) is 14.4. The van der Waals surface area contributed by atoms with E-state index in [1.165, 1.54) is 25.3 Å². The third-order valence-electron chi connectivity index (χ3n) is 5.32. The minimum absolute atomic E-state index is 0.104. The molecule has 0 radical (unpaired) electrons. The first kappa shape index (κ1) is 20.6. The smallest absolute Gasteiger partial charge is 0.337 e. The molecule has 0 unspecified atom stereocenters. The molecular weight excluding hydrogens is 372 g/mol. The molecule has 0 aliphatic carbocycles. The van der Waals surface area contributed by atoms with Crippen molar-refractivity contribution in [1.82, 2.24) is 4.90 Å². The van der Waals surface area contributed by atoms with Crippen LogP contribution in [0.1, 0.15) is 23.2 Å². The number of carbonyl (C=O) groups is 1. The van der Waals surface area contributed by atoms with Gasteiger partial charge in [-0.1, -0.05) is 0 Å². The first-order valence-electron chi connectivity index (χ1n) is 9.54. The highest BCUT2D eigenvalue weighted by Gasteiger charge is 2.21. The topological polar surface area (TPSA) is 87.9 Å². The van der Waals surface area contributed by atoms with E-state index in [9.17, 15) is 14.9 Å². The Morgan fingerprint density at radius 3 is 2.38 bits per heavy atom. The number of rotatable bonds is 6. The molecule has 8 heteroatoms. The Kier molecular flexibility index (Phi) is 6.33. The Hall–Kier alpha value is -3.13. The molecule has 2 aromatic carbocycles. The van der Waals surface area contributed by atoms with Crippen molar-refractivity contribution in [1.29, 1.82) is 0 Å². The Morgan fingerprint density at radius 1 is 1.17 bits per heavy atom. The third kappa shape index (κ3) is 4.83. The summed E-state index contributed by atoms with van der Waals surface area (Å²) in [4.78, 5) is 27.2. The van der Waals surface area contributed by atoms with Gasteiger partial charge >= 0.3 is 5.97 Å². The van der Waals surface area contributed by atoms with Crippen LogP contribution in [0.15, 0.2) is 42.5 Å². The van der Waals surface area contributed by atoms with Crippen LogP contribution in [0.4, 0.5) is 22.7 Å². The van der Waals surface area contributed by atoms with E-state index in [4.69, 9.17) is 4.74 Å². The van der Waals surface area contributed by atoms with Crippen molar-refractivity contribution < 1.29 is 14.5 Å². The zero-order valence-corrected chi connectivity index (χ0v) is 16.9. The van der Waals surface area contributed by atoms with E-state index < -0.39 is 10.9 Å². The summed E-state index contributed by atoms with van der Waals surface area (Å²) < 4.78 is 4.70. The molecule has 0 spiro atoms. The Labute approximate surface area is 170 Å². The number of methoxy groups -OCH3 is 1. The van der Waals surface area contributed by atoms with Crippen molar-refractivity contribution in [2.24, 2.45) is 0 Å². The number of piperidine rings is 1. The summed E-state index contributed by atoms with van der Waals surface area (Å²) in [7, 11) is 5.52. The number of anilines is 3. The Bertz CT molecular complexity index is 875. The van der Waals surface area contributed by atoms with E-state index in [1.54, 1.807) is 0 Å². The van der Waals surface area contributed by atoms with Gasteiger partial charge in [-0.2, -0.15) is 0 Å². The number of hydrogen-bond donors (Lipinski definition) is 1. The molecule has 1 aliphatic heterocycles. The zero-order chi connectivity index (χ0) is 21.0. The summed E-state index contributed by atoms with van der Waals surface area (Å²) in [6, 6.07) is 12.5. The summed E-state index contributed by atoms with van der Waals surface area (Å²) in [6.07, 6.45) is 2.25. The molecule has 0 saturated carbocycles. The summed E-state index contributed by atoms with van der Waals surface area (Å²) in [5.74, 6) is -0.542. The quantitative estimate of drug-likeness (QED) is 0.451. The van der Waals surface area contributed by atoms with Gasteiger partial charge in [-0.05, 0) is 63.3 Å². The Morgan fingerprint density at radius 2 is 1.83 bits per heavy atom. The van der Waals surface area contributed by atoms with Gasteiger partial charge in [-0.3, -0.25) is 10.1 Å². The maximum Gasteiger partial charge on any atom is 0.337 e. The van der Waals surface area contributed by atoms with E-state index in [1.807, 2.05) is 24.3 Å². The molecule has 29 heavy (non-hydrogen) atoms. The van der Waals surface area contributed by atoms with Crippen molar-refractivity contribution in [2.75, 3.05) is 44.5 Å². The highest BCUT2D eigenvalue weighted by Crippen LogP contribution is 2.30. The van der Waals surface area contributed by atoms with Crippen LogP contribution in [0.5, 0.6) is 0 Å². The lowest BCUT2D eigenvalue weighted by Crippen LogP contribution is -2.41. The zero-order valence-electron chi connectivity index (χ0n) is 16.9. The average Bonchev–Trinajstić information content (AvgIpc) is 2.73. The van der Waals surface area contributed by atoms with Crippen molar-refractivity contribution in [3.05, 3.63) is 58.1 Å². The van der Waals surface area contributed by atoms with Crippen molar-refractivity contribution >= 4 is 28.7 Å². The Balaban J connectivity index is 1.74. The second-order valence-electron chi connectivity index (χ2n) is 7.33. The van der Waals surface area contributed by atoms with Crippen molar-refractivity contribution in [3.63, 3.8) is 0 Å². The summed E-state index contributed by atoms with van der Waals surface area (Å²) in [6.45, 7) is 2.00. The molecule has 0 amide bonds. The fourth-order valence-corrected chi connectivity index (χ4v) is 3.59. The monoisotopic (exact) mass is 398 g/mol. The van der Waals surface area contributed by atoms with Gasteiger partial charge < -0.3 is 19.9 Å². The fourth-order valence-electron chi connectivity index (χ4n) is 3.59. The molecule has 154 valence electrons. The molecule has 1 aliphatic rings. The molecule has 1 heterocycles. The maximum atomic E-state index is 11.8. The number of nitro groups is 1. The van der Waals surface area contributed by atoms with Gasteiger partial charge in [0.1, 0.15) is 5.69 Å². The summed E-state index contributed by atoms with van der Waals surface area (Å²) >= 11 is 0. The van der Waals surface area contributed by atoms with E-state index in [0.29, 0.717) is 11.7 Å². The lowest BCUT2D eigenvalue weighted by atomic mass is 10.0. The van der Waals surface area contributed by atoms with Gasteiger partial charge in [0.2, 0.25) is 0 Å². The van der Waals surface area contributed by atoms with Crippen LogP contribution < -0.4 is 10.2 Å². The average molecular weight is 398 g/mol. The first-order chi connectivity index (χ1) is 13.9. The number of benzene rings is 2. The molecule has 2 aromatic rings. The molecular formula is C21H26N4O4. The number of esters is 1. The second kappa shape index (κ2) is 8.91. The van der Waals surface area contributed by atoms with E-state index in [0.717, 1.165) is 31.6 Å². The SMILES string of the molecule is COC(=O)c1ccc([N+](=O)[O-])c(Nc2ccc(N3CCC(N(C)C)CC3)cc2)c1. The number of nitro benzene ring substituents is 1. The van der Waals surface area contributed by atoms with Crippen LogP contribution >= 0.6 is 0 Å². The van der Waals surface area contributed by atoms with E-state index in [2.05, 4.69) is 29.2 Å². The van der Waals surface area contributed by atoms with Crippen molar-refractivity contribution in [3.8, 4) is 0 Å². The molecule has 0 bridgehead atoms. The number of ether oxygens (including phenoxy) is 1. The third-order valence-corrected chi connectivity index (χ3v) is 5.32. The molecule has 1 saturated heterocycles. The van der Waals surface area contributed by atoms with Crippen molar-refractivity contribution in [2.45, 2.75) is 18.9 Å². The normalized spacial score (nSPS) is 14.7. The van der Waals surface area contributed by atoms with Gasteiger partial charge in [0.05, 0.1) is 17.6 Å². The lowest BCUT2D eigenvalue weighted by Gasteiger charge is -2.36. The lowest BCUT2D eigenvalue weighted by molar-refractivity contribution is -0.383. The van der Waals surface area contributed by atoms with Gasteiger partial charge in [0, 0.05) is 36.6 Å². The maximum absolute atomic E-state index is 11.8. The molecule has 1 N–H and O–H groups in total. The standard InChI is InChI=1S/C21H26N4O4/c1-23(2)17-10-12-24(13-11-17)18-7-5-16(6-8-18)22-19-14-15(21(26)29-3)4-9-20(19)25(27)28/h4-9,14,17,22H,10-13H2,1-3H3. The van der Waals surface area contributed by atoms with Gasteiger partial charge in [0.15, 0.2) is 0 Å². The minimum atomic E-state index is -0.542. The molecule has 1 fully saturated rings. The predicted octanol–water partition coefficient (Wildman–Crippen LogP) is 3.66. The molecule has 0 aromatic heterocycles. The molecule has 0 atom stereocenters. The fraction of sp³-hybridized carbons (Fsp3) is 0.381. The van der Waals surface area contributed by atoms with Crippen LogP contribution in [0, 0.1) is 10.1 Å². The van der Waals surface area contributed by atoms with Crippen LogP contribution in [0.25, 0.3) is 0 Å². The predicted molar refractivity (Wildman–Crippen MR) is 113 cm³/mol. The van der Waals surface area contributed by atoms with Crippen LogP contribution in [-0.4, -0.2) is 56.1 Å². The van der Waals surface area contributed by atoms with Gasteiger partial charge in [-0.15, -0.1) is 0 Å². The van der Waals surface area contributed by atoms with Crippen LogP contribution in [-0.2, 0) is 4.74 Å². The van der Waals surface area contributed by atoms with E-state index in [-0.39, 0.29) is 16.9 Å². The minimum Gasteiger partial charge on any atom is -0.465 e. The number of nitrogens with zero attached hydrogens (tertiary/aromatic N) is 3. The van der Waals surface area contributed by atoms with Gasteiger partial charge in [-0.25, -0.2) is 4.79 Å².